The summed E-state index contributed by atoms with van der Waals surface area (Å²) in [4.78, 5) is 27.7. The zero-order chi connectivity index (χ0) is 18.5. The van der Waals surface area contributed by atoms with Gasteiger partial charge in [0.1, 0.15) is 5.52 Å². The van der Waals surface area contributed by atoms with Crippen LogP contribution in [-0.2, 0) is 18.3 Å². The van der Waals surface area contributed by atoms with E-state index in [4.69, 9.17) is 5.11 Å². The first-order valence-electron chi connectivity index (χ1n) is 8.25. The molecule has 0 radical (unpaired) electrons. The van der Waals surface area contributed by atoms with Gasteiger partial charge in [-0.15, -0.1) is 5.10 Å². The van der Waals surface area contributed by atoms with Gasteiger partial charge in [0.2, 0.25) is 0 Å². The van der Waals surface area contributed by atoms with Gasteiger partial charge in [-0.3, -0.25) is 9.59 Å². The van der Waals surface area contributed by atoms with Crippen molar-refractivity contribution in [3.05, 3.63) is 53.7 Å². The highest BCUT2D eigenvalue weighted by atomic mass is 16.4. The monoisotopic (exact) mass is 353 g/mol. The molecule has 134 valence electrons. The number of hydrogen-bond acceptors (Lipinski definition) is 5. The number of fused-ring (bicyclic) bond motifs is 1. The highest BCUT2D eigenvalue weighted by Gasteiger charge is 2.17. The van der Waals surface area contributed by atoms with Crippen LogP contribution < -0.4 is 5.32 Å². The summed E-state index contributed by atoms with van der Waals surface area (Å²) in [6, 6.07) is 11.0. The summed E-state index contributed by atoms with van der Waals surface area (Å²) in [7, 11) is 1.73. The van der Waals surface area contributed by atoms with Gasteiger partial charge in [-0.1, -0.05) is 35.5 Å². The number of carboxylic acid groups (broad SMARTS) is 1. The maximum atomic E-state index is 12.6. The van der Waals surface area contributed by atoms with Gasteiger partial charge < -0.3 is 10.4 Å². The Morgan fingerprint density at radius 3 is 2.77 bits per heavy atom. The smallest absolute Gasteiger partial charge is 0.303 e. The summed E-state index contributed by atoms with van der Waals surface area (Å²) >= 11 is 0. The van der Waals surface area contributed by atoms with E-state index in [1.165, 1.54) is 10.9 Å². The first kappa shape index (κ1) is 17.5. The molecular weight excluding hydrogens is 334 g/mol. The SMILES string of the molecule is Cn1nnc2cc(C(=O)NC(CCC(=O)O)Cc3ccccc3)cnc21. The Morgan fingerprint density at radius 2 is 2.04 bits per heavy atom. The number of benzene rings is 1. The fourth-order valence-corrected chi connectivity index (χ4v) is 2.74. The Morgan fingerprint density at radius 1 is 1.27 bits per heavy atom. The Hall–Kier alpha value is -3.29. The van der Waals surface area contributed by atoms with Crippen molar-refractivity contribution in [2.45, 2.75) is 25.3 Å². The van der Waals surface area contributed by atoms with Crippen LogP contribution in [0, 0.1) is 0 Å². The number of carbonyl (C=O) groups is 2. The first-order valence-corrected chi connectivity index (χ1v) is 8.25. The van der Waals surface area contributed by atoms with Crippen molar-refractivity contribution in [1.82, 2.24) is 25.3 Å². The molecule has 0 spiro atoms. The van der Waals surface area contributed by atoms with Crippen LogP contribution in [0.3, 0.4) is 0 Å². The van der Waals surface area contributed by atoms with E-state index in [9.17, 15) is 9.59 Å². The Kier molecular flexibility index (Phi) is 5.21. The predicted molar refractivity (Wildman–Crippen MR) is 94.6 cm³/mol. The zero-order valence-corrected chi connectivity index (χ0v) is 14.3. The summed E-state index contributed by atoms with van der Waals surface area (Å²) in [5.41, 5.74) is 2.52. The maximum Gasteiger partial charge on any atom is 0.303 e. The number of pyridine rings is 1. The van der Waals surface area contributed by atoms with Crippen LogP contribution in [-0.4, -0.2) is 43.0 Å². The van der Waals surface area contributed by atoms with E-state index in [-0.39, 0.29) is 18.4 Å². The number of aryl methyl sites for hydroxylation is 1. The van der Waals surface area contributed by atoms with Gasteiger partial charge in [0.05, 0.1) is 5.56 Å². The number of amides is 1. The van der Waals surface area contributed by atoms with Gasteiger partial charge in [0.15, 0.2) is 5.65 Å². The lowest BCUT2D eigenvalue weighted by Gasteiger charge is -2.18. The summed E-state index contributed by atoms with van der Waals surface area (Å²) in [6.07, 6.45) is 2.36. The summed E-state index contributed by atoms with van der Waals surface area (Å²) in [5, 5.41) is 19.7. The lowest BCUT2D eigenvalue weighted by atomic mass is 10.0. The number of nitrogens with zero attached hydrogens (tertiary/aromatic N) is 4. The van der Waals surface area contributed by atoms with E-state index < -0.39 is 5.97 Å². The van der Waals surface area contributed by atoms with E-state index in [0.717, 1.165) is 5.56 Å². The summed E-state index contributed by atoms with van der Waals surface area (Å²) < 4.78 is 1.53. The van der Waals surface area contributed by atoms with E-state index in [2.05, 4.69) is 20.6 Å². The molecule has 1 atom stereocenters. The van der Waals surface area contributed by atoms with Gasteiger partial charge >= 0.3 is 5.97 Å². The molecule has 0 saturated heterocycles. The van der Waals surface area contributed by atoms with Gasteiger partial charge in [0, 0.05) is 25.7 Å². The maximum absolute atomic E-state index is 12.6. The summed E-state index contributed by atoms with van der Waals surface area (Å²) in [5.74, 6) is -1.20. The molecule has 0 bridgehead atoms. The Labute approximate surface area is 149 Å². The van der Waals surface area contributed by atoms with Crippen LogP contribution in [0.1, 0.15) is 28.8 Å². The molecule has 1 aromatic carbocycles. The van der Waals surface area contributed by atoms with Crippen molar-refractivity contribution in [3.8, 4) is 0 Å². The molecule has 0 fully saturated rings. The summed E-state index contributed by atoms with van der Waals surface area (Å²) in [6.45, 7) is 0. The zero-order valence-electron chi connectivity index (χ0n) is 14.3. The van der Waals surface area contributed by atoms with Crippen LogP contribution in [0.2, 0.25) is 0 Å². The Balaban J connectivity index is 1.74. The molecule has 0 saturated carbocycles. The standard InChI is InChI=1S/C18H19N5O3/c1-23-17-15(21-22-23)10-13(11-19-17)18(26)20-14(7-8-16(24)25)9-12-5-3-2-4-6-12/h2-6,10-11,14H,7-9H2,1H3,(H,20,26)(H,24,25). The fourth-order valence-electron chi connectivity index (χ4n) is 2.74. The number of carboxylic acids is 1. The fraction of sp³-hybridized carbons (Fsp3) is 0.278. The predicted octanol–water partition coefficient (Wildman–Crippen LogP) is 1.57. The highest BCUT2D eigenvalue weighted by Crippen LogP contribution is 2.12. The first-order chi connectivity index (χ1) is 12.5. The van der Waals surface area contributed by atoms with Gasteiger partial charge in [-0.25, -0.2) is 9.67 Å². The van der Waals surface area contributed by atoms with Crippen LogP contribution in [0.5, 0.6) is 0 Å². The molecular formula is C18H19N5O3. The average molecular weight is 353 g/mol. The van der Waals surface area contributed by atoms with E-state index in [1.54, 1.807) is 13.1 Å². The molecule has 26 heavy (non-hydrogen) atoms. The number of carbonyl (C=O) groups excluding carboxylic acids is 1. The van der Waals surface area contributed by atoms with Crippen molar-refractivity contribution < 1.29 is 14.7 Å². The van der Waals surface area contributed by atoms with E-state index in [0.29, 0.717) is 29.6 Å². The van der Waals surface area contributed by atoms with Crippen molar-refractivity contribution in [2.75, 3.05) is 0 Å². The van der Waals surface area contributed by atoms with Crippen molar-refractivity contribution in [3.63, 3.8) is 0 Å². The Bertz CT molecular complexity index is 923. The van der Waals surface area contributed by atoms with Crippen LogP contribution in [0.25, 0.3) is 11.2 Å². The van der Waals surface area contributed by atoms with E-state index >= 15 is 0 Å². The van der Waals surface area contributed by atoms with Crippen LogP contribution in [0.4, 0.5) is 0 Å². The molecule has 8 nitrogen and oxygen atoms in total. The third-order valence-corrected chi connectivity index (χ3v) is 4.07. The van der Waals surface area contributed by atoms with Crippen LogP contribution >= 0.6 is 0 Å². The van der Waals surface area contributed by atoms with Crippen molar-refractivity contribution in [2.24, 2.45) is 7.05 Å². The number of aromatic nitrogens is 4. The molecule has 0 aliphatic heterocycles. The molecule has 3 rings (SSSR count). The molecule has 0 aliphatic rings. The lowest BCUT2D eigenvalue weighted by molar-refractivity contribution is -0.137. The minimum absolute atomic E-state index is 0.0147. The third kappa shape index (κ3) is 4.21. The molecule has 2 heterocycles. The van der Waals surface area contributed by atoms with Gasteiger partial charge in [0.25, 0.3) is 5.91 Å². The number of nitrogens with one attached hydrogen (secondary N) is 1. The van der Waals surface area contributed by atoms with Gasteiger partial charge in [-0.2, -0.15) is 0 Å². The second-order valence-electron chi connectivity index (χ2n) is 6.07. The molecule has 3 aromatic rings. The number of aliphatic carboxylic acids is 1. The van der Waals surface area contributed by atoms with E-state index in [1.807, 2.05) is 30.3 Å². The topological polar surface area (TPSA) is 110 Å². The highest BCUT2D eigenvalue weighted by molar-refractivity contribution is 5.96. The quantitative estimate of drug-likeness (QED) is 0.667. The number of rotatable bonds is 7. The van der Waals surface area contributed by atoms with Crippen molar-refractivity contribution in [1.29, 1.82) is 0 Å². The third-order valence-electron chi connectivity index (χ3n) is 4.07. The van der Waals surface area contributed by atoms with Crippen molar-refractivity contribution >= 4 is 23.0 Å². The van der Waals surface area contributed by atoms with Crippen LogP contribution in [0.15, 0.2) is 42.6 Å². The molecule has 1 amide bonds. The normalized spacial score (nSPS) is 12.0. The molecule has 1 unspecified atom stereocenters. The molecule has 8 heteroatoms. The average Bonchev–Trinajstić information content (AvgIpc) is 3.01. The second-order valence-corrected chi connectivity index (χ2v) is 6.07. The minimum atomic E-state index is -0.889. The largest absolute Gasteiger partial charge is 0.481 e. The lowest BCUT2D eigenvalue weighted by Crippen LogP contribution is -2.37. The number of hydrogen-bond donors (Lipinski definition) is 2. The molecule has 2 N–H and O–H groups in total. The minimum Gasteiger partial charge on any atom is -0.481 e. The molecule has 2 aromatic heterocycles. The molecule has 0 aliphatic carbocycles. The second kappa shape index (κ2) is 7.73. The van der Waals surface area contributed by atoms with Gasteiger partial charge in [-0.05, 0) is 24.5 Å².